The molecule has 1 aromatic heterocycles. The Hall–Kier alpha value is -3.25. The molecule has 8 nitrogen and oxygen atoms in total. The molecule has 1 amide bonds. The van der Waals surface area contributed by atoms with Gasteiger partial charge in [0.15, 0.2) is 0 Å². The first-order valence-corrected chi connectivity index (χ1v) is 17.3. The molecule has 0 saturated carbocycles. The lowest BCUT2D eigenvalue weighted by Gasteiger charge is -2.23. The molecule has 1 fully saturated rings. The zero-order chi connectivity index (χ0) is 29.2. The van der Waals surface area contributed by atoms with Crippen LogP contribution in [0.3, 0.4) is 0 Å². The van der Waals surface area contributed by atoms with Gasteiger partial charge in [0.2, 0.25) is 10.0 Å². The van der Waals surface area contributed by atoms with Crippen molar-refractivity contribution >= 4 is 53.1 Å². The van der Waals surface area contributed by atoms with Crippen LogP contribution in [0.5, 0.6) is 0 Å². The second kappa shape index (κ2) is 11.9. The highest BCUT2D eigenvalue weighted by molar-refractivity contribution is 7.92. The van der Waals surface area contributed by atoms with Crippen LogP contribution in [0.4, 0.5) is 5.69 Å². The Balaban J connectivity index is 1.23. The highest BCUT2D eigenvalue weighted by atomic mass is 32.2. The largest absolute Gasteiger partial charge is 0.351 e. The first-order valence-electron chi connectivity index (χ1n) is 13.6. The Labute approximate surface area is 245 Å². The minimum absolute atomic E-state index is 0.208. The molecule has 1 aliphatic heterocycles. The van der Waals surface area contributed by atoms with Crippen molar-refractivity contribution < 1.29 is 21.6 Å². The van der Waals surface area contributed by atoms with E-state index in [1.54, 1.807) is 73.7 Å². The lowest BCUT2D eigenvalue weighted by atomic mass is 10.1. The van der Waals surface area contributed by atoms with Gasteiger partial charge in [-0.25, -0.2) is 16.8 Å². The smallest absolute Gasteiger partial charge is 0.264 e. The maximum atomic E-state index is 13.3. The van der Waals surface area contributed by atoms with Crippen LogP contribution in [0.25, 0.3) is 10.1 Å². The first kappa shape index (κ1) is 29.2. The maximum absolute atomic E-state index is 13.3. The summed E-state index contributed by atoms with van der Waals surface area (Å²) in [6, 6.07) is 20.8. The Kier molecular flexibility index (Phi) is 8.51. The van der Waals surface area contributed by atoms with Gasteiger partial charge in [0.1, 0.15) is 0 Å². The number of fused-ring (bicyclic) bond motifs is 1. The molecule has 11 heteroatoms. The molecule has 0 aliphatic carbocycles. The monoisotopic (exact) mass is 611 g/mol. The number of hydrogen-bond acceptors (Lipinski definition) is 6. The summed E-state index contributed by atoms with van der Waals surface area (Å²) in [5.41, 5.74) is 2.46. The van der Waals surface area contributed by atoms with Gasteiger partial charge < -0.3 is 5.32 Å². The lowest BCUT2D eigenvalue weighted by molar-refractivity contribution is 0.0958. The Morgan fingerprint density at radius 1 is 0.902 bits per heavy atom. The number of nitrogens with zero attached hydrogens (tertiary/aromatic N) is 2. The molecule has 216 valence electrons. The van der Waals surface area contributed by atoms with E-state index in [2.05, 4.69) is 5.32 Å². The van der Waals surface area contributed by atoms with Gasteiger partial charge in [-0.05, 0) is 92.6 Å². The summed E-state index contributed by atoms with van der Waals surface area (Å²) in [5.74, 6) is -0.208. The first-order chi connectivity index (χ1) is 19.6. The molecule has 1 saturated heterocycles. The van der Waals surface area contributed by atoms with Gasteiger partial charge in [-0.3, -0.25) is 9.10 Å². The fourth-order valence-electron chi connectivity index (χ4n) is 4.94. The van der Waals surface area contributed by atoms with E-state index in [9.17, 15) is 21.6 Å². The Morgan fingerprint density at radius 3 is 2.22 bits per heavy atom. The average Bonchev–Trinajstić information content (AvgIpc) is 3.65. The van der Waals surface area contributed by atoms with Gasteiger partial charge in [-0.15, -0.1) is 11.3 Å². The molecule has 2 heterocycles. The molecule has 0 spiro atoms. The van der Waals surface area contributed by atoms with E-state index in [1.807, 2.05) is 13.0 Å². The number of benzene rings is 3. The highest BCUT2D eigenvalue weighted by Crippen LogP contribution is 2.32. The second-order valence-electron chi connectivity index (χ2n) is 10.1. The molecular weight excluding hydrogens is 579 g/mol. The van der Waals surface area contributed by atoms with Crippen molar-refractivity contribution in [2.45, 2.75) is 42.9 Å². The summed E-state index contributed by atoms with van der Waals surface area (Å²) in [5, 5.41) is 3.73. The molecule has 4 aromatic rings. The van der Waals surface area contributed by atoms with Crippen LogP contribution in [0.1, 0.15) is 40.6 Å². The van der Waals surface area contributed by atoms with E-state index in [1.165, 1.54) is 19.9 Å². The van der Waals surface area contributed by atoms with Crippen molar-refractivity contribution in [3.05, 3.63) is 88.8 Å². The number of carbonyl (C=O) groups is 1. The number of carbonyl (C=O) groups excluding carboxylic acids is 1. The van der Waals surface area contributed by atoms with Crippen molar-refractivity contribution in [3.8, 4) is 0 Å². The number of rotatable bonds is 10. The minimum atomic E-state index is -3.73. The highest BCUT2D eigenvalue weighted by Gasteiger charge is 2.27. The molecule has 0 radical (unpaired) electrons. The maximum Gasteiger partial charge on any atom is 0.264 e. The predicted octanol–water partition coefficient (Wildman–Crippen LogP) is 5.18. The van der Waals surface area contributed by atoms with Gasteiger partial charge >= 0.3 is 0 Å². The molecule has 5 rings (SSSR count). The molecular formula is C30H33N3O5S3. The average molecular weight is 612 g/mol. The fraction of sp³-hybridized carbons (Fsp3) is 0.300. The van der Waals surface area contributed by atoms with Crippen LogP contribution in [-0.4, -0.2) is 53.2 Å². The number of aryl methyl sites for hydroxylation is 1. The van der Waals surface area contributed by atoms with Crippen LogP contribution in [0.15, 0.2) is 82.6 Å². The quantitative estimate of drug-likeness (QED) is 0.266. The summed E-state index contributed by atoms with van der Waals surface area (Å²) in [4.78, 5) is 14.0. The molecule has 1 aliphatic rings. The third-order valence-corrected chi connectivity index (χ3v) is 12.2. The molecule has 41 heavy (non-hydrogen) atoms. The number of amides is 1. The Bertz CT molecular complexity index is 1760. The number of thiophene rings is 1. The van der Waals surface area contributed by atoms with Crippen molar-refractivity contribution in [1.29, 1.82) is 0 Å². The standard InChI is InChI=1S/C30H33N3O5S3/c1-3-33(41(37,38)27-11-6-22(2)7-12-27)25-10-15-28-24(20-25)21-29(39-28)30(34)31-17-16-23-8-13-26(14-9-23)40(35,36)32-18-4-5-19-32/h6-15,20-21H,3-5,16-19H2,1-2H3,(H,31,34). The van der Waals surface area contributed by atoms with Gasteiger partial charge in [0, 0.05) is 30.9 Å². The fourth-order valence-corrected chi connectivity index (χ4v) is 8.88. The van der Waals surface area contributed by atoms with Gasteiger partial charge in [0.05, 0.1) is 20.4 Å². The van der Waals surface area contributed by atoms with E-state index >= 15 is 0 Å². The van der Waals surface area contributed by atoms with Crippen LogP contribution in [0.2, 0.25) is 0 Å². The summed E-state index contributed by atoms with van der Waals surface area (Å²) in [6.07, 6.45) is 2.35. The minimum Gasteiger partial charge on any atom is -0.351 e. The van der Waals surface area contributed by atoms with E-state index in [0.29, 0.717) is 41.5 Å². The third-order valence-electron chi connectivity index (χ3n) is 7.23. The second-order valence-corrected chi connectivity index (χ2v) is 15.0. The van der Waals surface area contributed by atoms with Crippen LogP contribution in [0, 0.1) is 6.92 Å². The van der Waals surface area contributed by atoms with E-state index in [-0.39, 0.29) is 17.3 Å². The zero-order valence-electron chi connectivity index (χ0n) is 23.0. The topological polar surface area (TPSA) is 104 Å². The SMILES string of the molecule is CCN(c1ccc2sc(C(=O)NCCc3ccc(S(=O)(=O)N4CCCC4)cc3)cc2c1)S(=O)(=O)c1ccc(C)cc1. The van der Waals surface area contributed by atoms with E-state index in [4.69, 9.17) is 0 Å². The Morgan fingerprint density at radius 2 is 1.56 bits per heavy atom. The van der Waals surface area contributed by atoms with Gasteiger partial charge in [-0.1, -0.05) is 29.8 Å². The van der Waals surface area contributed by atoms with Gasteiger partial charge in [-0.2, -0.15) is 4.31 Å². The summed E-state index contributed by atoms with van der Waals surface area (Å²) < 4.78 is 55.9. The molecule has 0 bridgehead atoms. The number of sulfonamides is 2. The lowest BCUT2D eigenvalue weighted by Crippen LogP contribution is -2.30. The number of nitrogens with one attached hydrogen (secondary N) is 1. The van der Waals surface area contributed by atoms with Crippen molar-refractivity contribution in [1.82, 2.24) is 9.62 Å². The van der Waals surface area contributed by atoms with Crippen molar-refractivity contribution in [2.75, 3.05) is 30.5 Å². The van der Waals surface area contributed by atoms with Crippen LogP contribution < -0.4 is 9.62 Å². The summed E-state index contributed by atoms with van der Waals surface area (Å²) in [7, 11) is -7.18. The van der Waals surface area contributed by atoms with Gasteiger partial charge in [0.25, 0.3) is 15.9 Å². The summed E-state index contributed by atoms with van der Waals surface area (Å²) in [6.45, 7) is 5.51. The molecule has 0 unspecified atom stereocenters. The van der Waals surface area contributed by atoms with Crippen LogP contribution in [-0.2, 0) is 26.5 Å². The molecule has 0 atom stereocenters. The normalized spacial score (nSPS) is 14.4. The van der Waals surface area contributed by atoms with E-state index in [0.717, 1.165) is 34.1 Å². The zero-order valence-corrected chi connectivity index (χ0v) is 25.5. The molecule has 1 N–H and O–H groups in total. The summed E-state index contributed by atoms with van der Waals surface area (Å²) >= 11 is 1.35. The third kappa shape index (κ3) is 6.18. The predicted molar refractivity (Wildman–Crippen MR) is 164 cm³/mol. The van der Waals surface area contributed by atoms with E-state index < -0.39 is 20.0 Å². The van der Waals surface area contributed by atoms with Crippen molar-refractivity contribution in [3.63, 3.8) is 0 Å². The molecule has 3 aromatic carbocycles. The van der Waals surface area contributed by atoms with Crippen LogP contribution >= 0.6 is 11.3 Å². The number of anilines is 1. The number of hydrogen-bond donors (Lipinski definition) is 1. The van der Waals surface area contributed by atoms with Crippen molar-refractivity contribution in [2.24, 2.45) is 0 Å².